The minimum atomic E-state index is 0.955. The molecule has 1 aliphatic rings. The van der Waals surface area contributed by atoms with Gasteiger partial charge in [-0.1, -0.05) is 188 Å². The summed E-state index contributed by atoms with van der Waals surface area (Å²) < 4.78 is 8.96. The lowest BCUT2D eigenvalue weighted by Crippen LogP contribution is -2.10. The van der Waals surface area contributed by atoms with Crippen LogP contribution < -0.4 is 4.90 Å². The molecule has 0 amide bonds. The van der Waals surface area contributed by atoms with E-state index in [1.54, 1.807) is 0 Å². The van der Waals surface area contributed by atoms with Crippen LogP contribution in [0.2, 0.25) is 0 Å². The van der Waals surface area contributed by atoms with Crippen LogP contribution in [-0.4, -0.2) is 4.57 Å². The molecule has 0 saturated heterocycles. The molecule has 13 rings (SSSR count). The average Bonchev–Trinajstić information content (AvgIpc) is 3.98. The number of nitrogens with zero attached hydrogens (tertiary/aromatic N) is 2. The first-order valence-electron chi connectivity index (χ1n) is 23.9. The maximum absolute atomic E-state index is 6.54. The first-order valence-corrected chi connectivity index (χ1v) is 23.9. The van der Waals surface area contributed by atoms with Crippen LogP contribution in [0, 0.1) is 0 Å². The molecule has 0 spiro atoms. The largest absolute Gasteiger partial charge is 0.456 e. The SMILES string of the molecule is C1=Cc2oc3c(-c4ccc(N(c5cccc(-c6cccc(-c7ccccc7-n7c8ccccc8c8ccccc87)c6)c5)c5cccc(-c6ccccc6-c6ccccc6)c5)cc4)cccc3c2CC1. The van der Waals surface area contributed by atoms with Gasteiger partial charge in [-0.3, -0.25) is 0 Å². The molecule has 69 heavy (non-hydrogen) atoms. The van der Waals surface area contributed by atoms with Crippen molar-refractivity contribution in [3.8, 4) is 61.3 Å². The second kappa shape index (κ2) is 17.1. The van der Waals surface area contributed by atoms with Crippen LogP contribution in [0.5, 0.6) is 0 Å². The predicted molar refractivity (Wildman–Crippen MR) is 290 cm³/mol. The highest BCUT2D eigenvalue weighted by atomic mass is 16.3. The van der Waals surface area contributed by atoms with E-state index in [0.717, 1.165) is 80.3 Å². The fourth-order valence-corrected chi connectivity index (χ4v) is 10.7. The molecule has 3 nitrogen and oxygen atoms in total. The standard InChI is InChI=1S/C66H46N2O/c1-2-18-45(19-3-1)54-26-4-5-27-55(54)50-23-16-25-53(44-50)67(51-40-38-46(39-41-51)57-32-17-33-61-60-31-9-13-37-65(60)69-66(57)61)52-24-15-21-48(43-52)47-20-14-22-49(42-47)56-28-6-10-34-62(56)68-63-35-11-7-29-58(63)59-30-8-12-36-64(59)68/h1-8,10-30,32-44H,9,31H2. The summed E-state index contributed by atoms with van der Waals surface area (Å²) in [5, 5.41) is 3.72. The number of furan rings is 1. The molecular weight excluding hydrogens is 837 g/mol. The van der Waals surface area contributed by atoms with E-state index in [9.17, 15) is 0 Å². The molecule has 0 aliphatic heterocycles. The molecular formula is C66H46N2O. The van der Waals surface area contributed by atoms with E-state index in [0.29, 0.717) is 0 Å². The van der Waals surface area contributed by atoms with Gasteiger partial charge >= 0.3 is 0 Å². The van der Waals surface area contributed by atoms with Crippen molar-refractivity contribution in [1.82, 2.24) is 4.57 Å². The molecule has 0 radical (unpaired) electrons. The molecule has 3 heteroatoms. The van der Waals surface area contributed by atoms with Gasteiger partial charge in [0.2, 0.25) is 0 Å². The maximum atomic E-state index is 6.54. The van der Waals surface area contributed by atoms with Gasteiger partial charge in [0, 0.05) is 49.9 Å². The van der Waals surface area contributed by atoms with Crippen molar-refractivity contribution in [2.24, 2.45) is 0 Å². The van der Waals surface area contributed by atoms with Crippen LogP contribution in [0.1, 0.15) is 17.7 Å². The lowest BCUT2D eigenvalue weighted by Gasteiger charge is -2.27. The summed E-state index contributed by atoms with van der Waals surface area (Å²) in [6, 6.07) is 88.1. The molecule has 10 aromatic carbocycles. The van der Waals surface area contributed by atoms with Crippen molar-refractivity contribution >= 4 is 55.9 Å². The van der Waals surface area contributed by atoms with Crippen LogP contribution >= 0.6 is 0 Å². The van der Waals surface area contributed by atoms with Crippen molar-refractivity contribution in [3.63, 3.8) is 0 Å². The Morgan fingerprint density at radius 2 is 0.870 bits per heavy atom. The van der Waals surface area contributed by atoms with Gasteiger partial charge in [-0.25, -0.2) is 0 Å². The van der Waals surface area contributed by atoms with Gasteiger partial charge in [-0.2, -0.15) is 0 Å². The number of para-hydroxylation sites is 4. The maximum Gasteiger partial charge on any atom is 0.142 e. The minimum Gasteiger partial charge on any atom is -0.456 e. The smallest absolute Gasteiger partial charge is 0.142 e. The van der Waals surface area contributed by atoms with E-state index in [4.69, 9.17) is 4.42 Å². The normalized spacial score (nSPS) is 12.2. The Hall–Kier alpha value is -8.92. The number of fused-ring (bicyclic) bond motifs is 6. The number of hydrogen-bond acceptors (Lipinski definition) is 2. The zero-order valence-corrected chi connectivity index (χ0v) is 38.0. The summed E-state index contributed by atoms with van der Waals surface area (Å²) in [5.41, 5.74) is 20.6. The van der Waals surface area contributed by atoms with Crippen molar-refractivity contribution in [3.05, 3.63) is 260 Å². The molecule has 0 fully saturated rings. The van der Waals surface area contributed by atoms with Gasteiger partial charge in [-0.05, 0) is 124 Å². The molecule has 12 aromatic rings. The summed E-state index contributed by atoms with van der Waals surface area (Å²) in [6.07, 6.45) is 6.39. The molecule has 0 atom stereocenters. The highest BCUT2D eigenvalue weighted by Crippen LogP contribution is 2.43. The third-order valence-electron chi connectivity index (χ3n) is 13.9. The summed E-state index contributed by atoms with van der Waals surface area (Å²) in [7, 11) is 0. The van der Waals surface area contributed by atoms with Crippen molar-refractivity contribution < 1.29 is 4.42 Å². The van der Waals surface area contributed by atoms with Gasteiger partial charge in [0.25, 0.3) is 0 Å². The molecule has 0 bridgehead atoms. The van der Waals surface area contributed by atoms with Crippen molar-refractivity contribution in [1.29, 1.82) is 0 Å². The van der Waals surface area contributed by atoms with Crippen LogP contribution in [0.3, 0.4) is 0 Å². The van der Waals surface area contributed by atoms with Gasteiger partial charge in [-0.15, -0.1) is 0 Å². The van der Waals surface area contributed by atoms with Gasteiger partial charge in [0.05, 0.1) is 16.7 Å². The van der Waals surface area contributed by atoms with Gasteiger partial charge in [0.1, 0.15) is 11.3 Å². The fourth-order valence-electron chi connectivity index (χ4n) is 10.7. The van der Waals surface area contributed by atoms with E-state index in [1.165, 1.54) is 55.0 Å². The van der Waals surface area contributed by atoms with E-state index in [1.807, 2.05) is 0 Å². The number of allylic oxidation sites excluding steroid dienone is 1. The summed E-state index contributed by atoms with van der Waals surface area (Å²) in [4.78, 5) is 2.39. The topological polar surface area (TPSA) is 21.3 Å². The first-order chi connectivity index (χ1) is 34.2. The minimum absolute atomic E-state index is 0.955. The Labute approximate surface area is 402 Å². The fraction of sp³-hybridized carbons (Fsp3) is 0.0303. The van der Waals surface area contributed by atoms with E-state index in [-0.39, 0.29) is 0 Å². The average molecular weight is 883 g/mol. The Kier molecular flexibility index (Phi) is 9.98. The highest BCUT2D eigenvalue weighted by molar-refractivity contribution is 6.10. The van der Waals surface area contributed by atoms with Gasteiger partial charge < -0.3 is 13.9 Å². The zero-order valence-electron chi connectivity index (χ0n) is 38.0. The zero-order chi connectivity index (χ0) is 45.7. The third kappa shape index (κ3) is 7.15. The van der Waals surface area contributed by atoms with Crippen LogP contribution in [0.25, 0.3) is 100 Å². The number of hydrogen-bond donors (Lipinski definition) is 0. The van der Waals surface area contributed by atoms with Gasteiger partial charge in [0.15, 0.2) is 0 Å². The Balaban J connectivity index is 0.923. The van der Waals surface area contributed by atoms with Crippen molar-refractivity contribution in [2.45, 2.75) is 12.8 Å². The monoisotopic (exact) mass is 882 g/mol. The number of rotatable bonds is 9. The van der Waals surface area contributed by atoms with E-state index < -0.39 is 0 Å². The van der Waals surface area contributed by atoms with Crippen LogP contribution in [-0.2, 0) is 6.42 Å². The third-order valence-corrected chi connectivity index (χ3v) is 13.9. The second-order valence-electron chi connectivity index (χ2n) is 17.9. The molecule has 0 N–H and O–H groups in total. The number of anilines is 3. The quantitative estimate of drug-likeness (QED) is 0.144. The number of benzene rings is 10. The molecule has 2 aromatic heterocycles. The predicted octanol–water partition coefficient (Wildman–Crippen LogP) is 18.3. The molecule has 326 valence electrons. The lowest BCUT2D eigenvalue weighted by atomic mass is 9.94. The summed E-state index contributed by atoms with van der Waals surface area (Å²) in [5.74, 6) is 0.984. The van der Waals surface area contributed by atoms with Crippen molar-refractivity contribution in [2.75, 3.05) is 4.90 Å². The Bertz CT molecular complexity index is 3850. The summed E-state index contributed by atoms with van der Waals surface area (Å²) >= 11 is 0. The molecule has 0 saturated carbocycles. The molecule has 0 unspecified atom stereocenters. The second-order valence-corrected chi connectivity index (χ2v) is 17.9. The summed E-state index contributed by atoms with van der Waals surface area (Å²) in [6.45, 7) is 0. The number of aromatic nitrogens is 1. The first kappa shape index (κ1) is 40.4. The van der Waals surface area contributed by atoms with E-state index >= 15 is 0 Å². The van der Waals surface area contributed by atoms with E-state index in [2.05, 4.69) is 264 Å². The Morgan fingerprint density at radius 1 is 0.362 bits per heavy atom. The molecule has 1 aliphatic carbocycles. The van der Waals surface area contributed by atoms with Crippen LogP contribution in [0.15, 0.2) is 253 Å². The Morgan fingerprint density at radius 3 is 1.61 bits per heavy atom. The molecule has 2 heterocycles. The number of aryl methyl sites for hydroxylation is 1. The highest BCUT2D eigenvalue weighted by Gasteiger charge is 2.21. The van der Waals surface area contributed by atoms with Crippen LogP contribution in [0.4, 0.5) is 17.1 Å². The lowest BCUT2D eigenvalue weighted by molar-refractivity contribution is 0.596.